The zero-order chi connectivity index (χ0) is 20.7. The number of hydrogen-bond acceptors (Lipinski definition) is 4. The van der Waals surface area contributed by atoms with Gasteiger partial charge in [-0.3, -0.25) is 9.78 Å². The molecule has 0 unspecified atom stereocenters. The number of aryl methyl sites for hydroxylation is 2. The zero-order valence-corrected chi connectivity index (χ0v) is 16.9. The third kappa shape index (κ3) is 3.43. The van der Waals surface area contributed by atoms with Gasteiger partial charge in [-0.25, -0.2) is 0 Å². The molecule has 0 spiro atoms. The molecule has 0 saturated carbocycles. The molecular weight excluding hydrogens is 376 g/mol. The Labute approximate surface area is 174 Å². The predicted octanol–water partition coefficient (Wildman–Crippen LogP) is 4.85. The van der Waals surface area contributed by atoms with Crippen LogP contribution in [0.5, 0.6) is 5.75 Å². The first-order chi connectivity index (χ1) is 14.6. The minimum absolute atomic E-state index is 0.107. The third-order valence-corrected chi connectivity index (χ3v) is 5.42. The first kappa shape index (κ1) is 18.4. The van der Waals surface area contributed by atoms with Crippen LogP contribution in [0.25, 0.3) is 22.0 Å². The molecule has 5 rings (SSSR count). The average molecular weight is 398 g/mol. The molecule has 0 bridgehead atoms. The standard InChI is InChI=1S/C25H22N2O3/c1-15-10-19-13-20(14-26-25(28)23-4-3-9-29-23)30-24(19)21(11-15)17-7-8-22-18(12-17)6-5-16(2)27-22/h3-12,20H,13-14H2,1-2H3,(H,26,28)/t20-/m0/s1. The van der Waals surface area contributed by atoms with E-state index in [0.717, 1.165) is 39.9 Å². The monoisotopic (exact) mass is 398 g/mol. The molecule has 2 aromatic heterocycles. The van der Waals surface area contributed by atoms with Gasteiger partial charge in [0.1, 0.15) is 11.9 Å². The SMILES string of the molecule is Cc1cc2c(c(-c3ccc4nc(C)ccc4c3)c1)O[C@H](CNC(=O)c1ccco1)C2. The van der Waals surface area contributed by atoms with Crippen molar-refractivity contribution in [1.82, 2.24) is 10.3 Å². The molecule has 0 fully saturated rings. The summed E-state index contributed by atoms with van der Waals surface area (Å²) < 4.78 is 11.4. The summed E-state index contributed by atoms with van der Waals surface area (Å²) >= 11 is 0. The number of carbonyl (C=O) groups is 1. The van der Waals surface area contributed by atoms with E-state index < -0.39 is 0 Å². The minimum Gasteiger partial charge on any atom is -0.487 e. The molecule has 1 N–H and O–H groups in total. The normalized spacial score (nSPS) is 15.1. The number of fused-ring (bicyclic) bond motifs is 2. The van der Waals surface area contributed by atoms with E-state index in [-0.39, 0.29) is 12.0 Å². The van der Waals surface area contributed by atoms with Gasteiger partial charge in [-0.15, -0.1) is 0 Å². The highest BCUT2D eigenvalue weighted by molar-refractivity contribution is 5.91. The summed E-state index contributed by atoms with van der Waals surface area (Å²) in [6, 6.07) is 18.1. The molecule has 4 aromatic rings. The van der Waals surface area contributed by atoms with Gasteiger partial charge in [-0.05, 0) is 66.9 Å². The summed E-state index contributed by atoms with van der Waals surface area (Å²) in [5, 5.41) is 4.00. The molecule has 1 aliphatic rings. The quantitative estimate of drug-likeness (QED) is 0.534. The van der Waals surface area contributed by atoms with Crippen LogP contribution in [0.15, 0.2) is 65.3 Å². The largest absolute Gasteiger partial charge is 0.487 e. The van der Waals surface area contributed by atoms with Gasteiger partial charge in [0.25, 0.3) is 5.91 Å². The predicted molar refractivity (Wildman–Crippen MR) is 116 cm³/mol. The third-order valence-electron chi connectivity index (χ3n) is 5.42. The molecule has 0 aliphatic carbocycles. The molecule has 0 saturated heterocycles. The van der Waals surface area contributed by atoms with Crippen molar-refractivity contribution in [3.05, 3.63) is 83.4 Å². The second kappa shape index (κ2) is 7.34. The molecule has 1 atom stereocenters. The van der Waals surface area contributed by atoms with E-state index in [1.165, 1.54) is 17.4 Å². The Balaban J connectivity index is 1.41. The molecule has 0 radical (unpaired) electrons. The van der Waals surface area contributed by atoms with Gasteiger partial charge >= 0.3 is 0 Å². The zero-order valence-electron chi connectivity index (χ0n) is 16.9. The van der Waals surface area contributed by atoms with Crippen LogP contribution in [0.4, 0.5) is 0 Å². The van der Waals surface area contributed by atoms with Crippen molar-refractivity contribution in [3.8, 4) is 16.9 Å². The highest BCUT2D eigenvalue weighted by atomic mass is 16.5. The van der Waals surface area contributed by atoms with Crippen LogP contribution in [0.2, 0.25) is 0 Å². The summed E-state index contributed by atoms with van der Waals surface area (Å²) in [4.78, 5) is 16.8. The summed E-state index contributed by atoms with van der Waals surface area (Å²) in [7, 11) is 0. The van der Waals surface area contributed by atoms with Crippen molar-refractivity contribution in [2.75, 3.05) is 6.54 Å². The van der Waals surface area contributed by atoms with E-state index in [9.17, 15) is 4.79 Å². The number of nitrogens with zero attached hydrogens (tertiary/aromatic N) is 1. The van der Waals surface area contributed by atoms with Crippen LogP contribution >= 0.6 is 0 Å². The Morgan fingerprint density at radius 1 is 1.13 bits per heavy atom. The fourth-order valence-corrected chi connectivity index (χ4v) is 4.02. The van der Waals surface area contributed by atoms with Gasteiger partial charge in [0, 0.05) is 23.1 Å². The number of amides is 1. The molecule has 150 valence electrons. The summed E-state index contributed by atoms with van der Waals surface area (Å²) in [5.41, 5.74) is 6.54. The van der Waals surface area contributed by atoms with Crippen LogP contribution in [-0.2, 0) is 6.42 Å². The number of benzene rings is 2. The Morgan fingerprint density at radius 2 is 2.03 bits per heavy atom. The first-order valence-electron chi connectivity index (χ1n) is 10.1. The average Bonchev–Trinajstić information content (AvgIpc) is 3.41. The van der Waals surface area contributed by atoms with Gasteiger partial charge in [0.15, 0.2) is 5.76 Å². The lowest BCUT2D eigenvalue weighted by molar-refractivity contribution is 0.0906. The summed E-state index contributed by atoms with van der Waals surface area (Å²) in [5.74, 6) is 0.979. The van der Waals surface area contributed by atoms with E-state index in [2.05, 4.69) is 53.6 Å². The van der Waals surface area contributed by atoms with E-state index >= 15 is 0 Å². The maximum atomic E-state index is 12.2. The molecule has 30 heavy (non-hydrogen) atoms. The number of aromatic nitrogens is 1. The highest BCUT2D eigenvalue weighted by Crippen LogP contribution is 2.40. The van der Waals surface area contributed by atoms with E-state index in [0.29, 0.717) is 12.3 Å². The highest BCUT2D eigenvalue weighted by Gasteiger charge is 2.27. The van der Waals surface area contributed by atoms with Crippen LogP contribution in [-0.4, -0.2) is 23.5 Å². The van der Waals surface area contributed by atoms with Crippen molar-refractivity contribution in [2.45, 2.75) is 26.4 Å². The maximum absolute atomic E-state index is 12.2. The van der Waals surface area contributed by atoms with E-state index in [1.807, 2.05) is 13.0 Å². The number of nitrogens with one attached hydrogen (secondary N) is 1. The Bertz CT molecular complexity index is 1240. The van der Waals surface area contributed by atoms with Crippen molar-refractivity contribution < 1.29 is 13.9 Å². The van der Waals surface area contributed by atoms with Crippen LogP contribution in [0.1, 0.15) is 27.4 Å². The number of ether oxygens (including phenoxy) is 1. The molecule has 3 heterocycles. The molecular formula is C25H22N2O3. The number of rotatable bonds is 4. The van der Waals surface area contributed by atoms with E-state index in [1.54, 1.807) is 12.1 Å². The fourth-order valence-electron chi connectivity index (χ4n) is 4.02. The van der Waals surface area contributed by atoms with Gasteiger partial charge in [0.05, 0.1) is 18.3 Å². The molecule has 1 aliphatic heterocycles. The fraction of sp³-hybridized carbons (Fsp3) is 0.200. The molecule has 5 nitrogen and oxygen atoms in total. The lowest BCUT2D eigenvalue weighted by atomic mass is 9.97. The molecule has 2 aromatic carbocycles. The first-order valence-corrected chi connectivity index (χ1v) is 10.1. The van der Waals surface area contributed by atoms with Crippen molar-refractivity contribution >= 4 is 16.8 Å². The summed E-state index contributed by atoms with van der Waals surface area (Å²) in [6.45, 7) is 4.52. The van der Waals surface area contributed by atoms with Crippen molar-refractivity contribution in [3.63, 3.8) is 0 Å². The molecule has 5 heteroatoms. The Kier molecular flexibility index (Phi) is 4.51. The number of furan rings is 1. The number of carbonyl (C=O) groups excluding carboxylic acids is 1. The lowest BCUT2D eigenvalue weighted by Crippen LogP contribution is -2.34. The second-order valence-corrected chi connectivity index (χ2v) is 7.79. The molecule has 1 amide bonds. The van der Waals surface area contributed by atoms with Gasteiger partial charge in [-0.2, -0.15) is 0 Å². The Morgan fingerprint density at radius 3 is 2.87 bits per heavy atom. The maximum Gasteiger partial charge on any atom is 0.287 e. The Hall–Kier alpha value is -3.60. The van der Waals surface area contributed by atoms with Gasteiger partial charge in [0.2, 0.25) is 0 Å². The number of pyridine rings is 1. The van der Waals surface area contributed by atoms with Gasteiger partial charge < -0.3 is 14.5 Å². The topological polar surface area (TPSA) is 64.4 Å². The lowest BCUT2D eigenvalue weighted by Gasteiger charge is -2.14. The van der Waals surface area contributed by atoms with E-state index in [4.69, 9.17) is 9.15 Å². The van der Waals surface area contributed by atoms with Crippen molar-refractivity contribution in [2.24, 2.45) is 0 Å². The van der Waals surface area contributed by atoms with Gasteiger partial charge in [-0.1, -0.05) is 18.2 Å². The number of hydrogen-bond donors (Lipinski definition) is 1. The van der Waals surface area contributed by atoms with Crippen molar-refractivity contribution in [1.29, 1.82) is 0 Å². The van der Waals surface area contributed by atoms with Crippen LogP contribution in [0, 0.1) is 13.8 Å². The smallest absolute Gasteiger partial charge is 0.287 e. The summed E-state index contributed by atoms with van der Waals surface area (Å²) in [6.07, 6.45) is 2.15. The van der Waals surface area contributed by atoms with Crippen LogP contribution in [0.3, 0.4) is 0 Å². The second-order valence-electron chi connectivity index (χ2n) is 7.79. The minimum atomic E-state index is -0.228. The van der Waals surface area contributed by atoms with Crippen LogP contribution < -0.4 is 10.1 Å².